The van der Waals surface area contributed by atoms with Crippen LogP contribution in [0.15, 0.2) is 48.5 Å². The molecule has 1 aliphatic heterocycles. The Morgan fingerprint density at radius 1 is 1.07 bits per heavy atom. The molecular weight excluding hydrogens is 376 g/mol. The molecule has 5 rings (SSSR count). The number of rotatable bonds is 3. The number of aromatic nitrogens is 1. The molecule has 0 saturated heterocycles. The second kappa shape index (κ2) is 7.01. The van der Waals surface area contributed by atoms with Gasteiger partial charge in [-0.25, -0.2) is 0 Å². The third-order valence-corrected chi connectivity index (χ3v) is 6.84. The number of carboxylic acid groups (broad SMARTS) is 1. The lowest BCUT2D eigenvalue weighted by Crippen LogP contribution is -2.47. The van der Waals surface area contributed by atoms with E-state index in [9.17, 15) is 14.7 Å². The lowest BCUT2D eigenvalue weighted by molar-refractivity contribution is -0.137. The van der Waals surface area contributed by atoms with Crippen molar-refractivity contribution in [3.8, 4) is 0 Å². The first kappa shape index (κ1) is 18.9. The van der Waals surface area contributed by atoms with Crippen LogP contribution in [0.1, 0.15) is 36.6 Å². The highest BCUT2D eigenvalue weighted by Crippen LogP contribution is 2.43. The van der Waals surface area contributed by atoms with Crippen LogP contribution in [0.3, 0.4) is 0 Å². The topological polar surface area (TPSA) is 62.5 Å². The highest BCUT2D eigenvalue weighted by molar-refractivity contribution is 5.99. The second-order valence-corrected chi connectivity index (χ2v) is 8.85. The summed E-state index contributed by atoms with van der Waals surface area (Å²) in [7, 11) is 0. The van der Waals surface area contributed by atoms with Gasteiger partial charge >= 0.3 is 5.97 Å². The number of carboxylic acids is 1. The lowest BCUT2D eigenvalue weighted by atomic mass is 9.73. The molecule has 2 heterocycles. The standard InChI is InChI=1S/C25H26N2O3/c1-25(24(30)26-14-6-8-17-7-2-4-10-20(17)26)13-12-22-19(15-25)18-9-3-5-11-21(18)27(22)16-23(28)29/h2-5,7,9-11H,6,8,12-16H2,1H3,(H,28,29). The Labute approximate surface area is 175 Å². The minimum Gasteiger partial charge on any atom is -0.480 e. The van der Waals surface area contributed by atoms with Gasteiger partial charge in [0.05, 0.1) is 5.41 Å². The molecule has 0 saturated carbocycles. The number of fused-ring (bicyclic) bond motifs is 4. The highest BCUT2D eigenvalue weighted by atomic mass is 16.4. The number of aryl methyl sites for hydroxylation is 1. The van der Waals surface area contributed by atoms with Crippen LogP contribution in [-0.4, -0.2) is 28.1 Å². The molecule has 30 heavy (non-hydrogen) atoms. The van der Waals surface area contributed by atoms with E-state index in [-0.39, 0.29) is 12.5 Å². The first-order valence-corrected chi connectivity index (χ1v) is 10.7. The number of aliphatic carboxylic acids is 1. The number of anilines is 1. The Morgan fingerprint density at radius 2 is 1.83 bits per heavy atom. The molecule has 5 nitrogen and oxygen atoms in total. The van der Waals surface area contributed by atoms with Crippen molar-refractivity contribution in [2.45, 2.75) is 45.6 Å². The van der Waals surface area contributed by atoms with E-state index in [4.69, 9.17) is 0 Å². The van der Waals surface area contributed by atoms with Crippen LogP contribution in [-0.2, 0) is 35.4 Å². The largest absolute Gasteiger partial charge is 0.480 e. The maximum absolute atomic E-state index is 13.8. The first-order valence-electron chi connectivity index (χ1n) is 10.7. The summed E-state index contributed by atoms with van der Waals surface area (Å²) in [6.07, 6.45) is 4.10. The van der Waals surface area contributed by atoms with Gasteiger partial charge in [-0.2, -0.15) is 0 Å². The number of nitrogens with zero attached hydrogens (tertiary/aromatic N) is 2. The molecule has 154 valence electrons. The summed E-state index contributed by atoms with van der Waals surface area (Å²) in [4.78, 5) is 27.3. The quantitative estimate of drug-likeness (QED) is 0.714. The van der Waals surface area contributed by atoms with Gasteiger partial charge < -0.3 is 14.6 Å². The van der Waals surface area contributed by atoms with Crippen LogP contribution in [0.25, 0.3) is 10.9 Å². The van der Waals surface area contributed by atoms with Gasteiger partial charge in [-0.1, -0.05) is 43.3 Å². The van der Waals surface area contributed by atoms with E-state index in [2.05, 4.69) is 25.1 Å². The molecule has 3 aromatic rings. The minimum atomic E-state index is -0.840. The maximum Gasteiger partial charge on any atom is 0.323 e. The van der Waals surface area contributed by atoms with Crippen molar-refractivity contribution in [1.82, 2.24) is 4.57 Å². The van der Waals surface area contributed by atoms with Crippen molar-refractivity contribution in [3.05, 3.63) is 65.4 Å². The van der Waals surface area contributed by atoms with Gasteiger partial charge in [0.15, 0.2) is 0 Å². The molecular formula is C25H26N2O3. The molecule has 0 bridgehead atoms. The predicted octanol–water partition coefficient (Wildman–Crippen LogP) is 4.20. The van der Waals surface area contributed by atoms with Crippen molar-refractivity contribution in [1.29, 1.82) is 0 Å². The molecule has 5 heteroatoms. The third-order valence-electron chi connectivity index (χ3n) is 6.84. The van der Waals surface area contributed by atoms with Gasteiger partial charge in [-0.05, 0) is 55.4 Å². The Balaban J connectivity index is 1.54. The van der Waals surface area contributed by atoms with Crippen molar-refractivity contribution < 1.29 is 14.7 Å². The molecule has 1 atom stereocenters. The van der Waals surface area contributed by atoms with E-state index in [0.717, 1.165) is 60.1 Å². The van der Waals surface area contributed by atoms with Crippen LogP contribution in [0.5, 0.6) is 0 Å². The normalized spacial score (nSPS) is 20.6. The number of amides is 1. The SMILES string of the molecule is CC1(C(=O)N2CCCc3ccccc32)CCc2c(c3ccccc3n2CC(=O)O)C1. The van der Waals surface area contributed by atoms with Gasteiger partial charge in [0.25, 0.3) is 0 Å². The summed E-state index contributed by atoms with van der Waals surface area (Å²) in [5, 5.41) is 10.5. The van der Waals surface area contributed by atoms with E-state index in [1.807, 2.05) is 39.8 Å². The molecule has 1 aliphatic carbocycles. The fraction of sp³-hybridized carbons (Fsp3) is 0.360. The van der Waals surface area contributed by atoms with Crippen LogP contribution >= 0.6 is 0 Å². The predicted molar refractivity (Wildman–Crippen MR) is 117 cm³/mol. The summed E-state index contributed by atoms with van der Waals surface area (Å²) in [5.74, 6) is -0.650. The maximum atomic E-state index is 13.8. The van der Waals surface area contributed by atoms with Crippen LogP contribution in [0.4, 0.5) is 5.69 Å². The fourth-order valence-electron chi connectivity index (χ4n) is 5.35. The average Bonchev–Trinajstić information content (AvgIpc) is 3.05. The van der Waals surface area contributed by atoms with Gasteiger partial charge in [-0.3, -0.25) is 9.59 Å². The Bertz CT molecular complexity index is 1160. The lowest BCUT2D eigenvalue weighted by Gasteiger charge is -2.39. The minimum absolute atomic E-state index is 0.0417. The zero-order valence-corrected chi connectivity index (χ0v) is 17.2. The summed E-state index contributed by atoms with van der Waals surface area (Å²) < 4.78 is 1.92. The van der Waals surface area contributed by atoms with Crippen LogP contribution < -0.4 is 4.90 Å². The van der Waals surface area contributed by atoms with Crippen LogP contribution in [0.2, 0.25) is 0 Å². The fourth-order valence-corrected chi connectivity index (χ4v) is 5.35. The molecule has 0 fully saturated rings. The highest BCUT2D eigenvalue weighted by Gasteiger charge is 2.42. The van der Waals surface area contributed by atoms with Crippen molar-refractivity contribution in [2.24, 2.45) is 5.41 Å². The number of hydrogen-bond acceptors (Lipinski definition) is 2. The molecule has 2 aliphatic rings. The van der Waals surface area contributed by atoms with Gasteiger partial charge in [0.2, 0.25) is 5.91 Å². The molecule has 1 aromatic heterocycles. The van der Waals surface area contributed by atoms with Gasteiger partial charge in [0, 0.05) is 28.8 Å². The zero-order valence-electron chi connectivity index (χ0n) is 17.2. The monoisotopic (exact) mass is 402 g/mol. The molecule has 0 spiro atoms. The van der Waals surface area contributed by atoms with Gasteiger partial charge in [0.1, 0.15) is 6.54 Å². The Morgan fingerprint density at radius 3 is 2.67 bits per heavy atom. The van der Waals surface area contributed by atoms with E-state index in [1.54, 1.807) is 0 Å². The summed E-state index contributed by atoms with van der Waals surface area (Å²) >= 11 is 0. The molecule has 1 N–H and O–H groups in total. The molecule has 0 radical (unpaired) electrons. The number of hydrogen-bond donors (Lipinski definition) is 1. The first-order chi connectivity index (χ1) is 14.5. The Hall–Kier alpha value is -3.08. The molecule has 1 unspecified atom stereocenters. The zero-order chi connectivity index (χ0) is 20.9. The smallest absolute Gasteiger partial charge is 0.323 e. The summed E-state index contributed by atoms with van der Waals surface area (Å²) in [5.41, 5.74) is 4.96. The van der Waals surface area contributed by atoms with E-state index in [0.29, 0.717) is 6.42 Å². The summed E-state index contributed by atoms with van der Waals surface area (Å²) in [6.45, 7) is 2.80. The number of benzene rings is 2. The van der Waals surface area contributed by atoms with E-state index in [1.165, 1.54) is 5.56 Å². The Kier molecular flexibility index (Phi) is 4.42. The van der Waals surface area contributed by atoms with Gasteiger partial charge in [-0.15, -0.1) is 0 Å². The van der Waals surface area contributed by atoms with E-state index >= 15 is 0 Å². The second-order valence-electron chi connectivity index (χ2n) is 8.85. The molecule has 1 amide bonds. The third kappa shape index (κ3) is 2.92. The number of carbonyl (C=O) groups is 2. The number of carbonyl (C=O) groups excluding carboxylic acids is 1. The summed E-state index contributed by atoms with van der Waals surface area (Å²) in [6, 6.07) is 16.2. The van der Waals surface area contributed by atoms with Crippen molar-refractivity contribution in [3.63, 3.8) is 0 Å². The van der Waals surface area contributed by atoms with E-state index < -0.39 is 11.4 Å². The van der Waals surface area contributed by atoms with Crippen LogP contribution in [0, 0.1) is 5.41 Å². The number of para-hydroxylation sites is 2. The van der Waals surface area contributed by atoms with Crippen molar-refractivity contribution in [2.75, 3.05) is 11.4 Å². The average molecular weight is 402 g/mol. The van der Waals surface area contributed by atoms with Crippen molar-refractivity contribution >= 4 is 28.5 Å². The molecule has 2 aromatic carbocycles.